The SMILES string of the molecule is CCNc1cncc(Oc2cc(C(C)C)ccc2C)n1. The Morgan fingerprint density at radius 3 is 2.75 bits per heavy atom. The molecule has 0 saturated carbocycles. The van der Waals surface area contributed by atoms with Crippen LogP contribution in [0.15, 0.2) is 30.6 Å². The van der Waals surface area contributed by atoms with E-state index >= 15 is 0 Å². The van der Waals surface area contributed by atoms with Crippen LogP contribution in [0, 0.1) is 6.92 Å². The zero-order valence-corrected chi connectivity index (χ0v) is 12.5. The van der Waals surface area contributed by atoms with Crippen LogP contribution in [0.3, 0.4) is 0 Å². The number of benzene rings is 1. The summed E-state index contributed by atoms with van der Waals surface area (Å²) < 4.78 is 5.87. The van der Waals surface area contributed by atoms with E-state index in [0.29, 0.717) is 11.8 Å². The molecule has 1 heterocycles. The van der Waals surface area contributed by atoms with E-state index in [0.717, 1.165) is 23.7 Å². The van der Waals surface area contributed by atoms with E-state index in [-0.39, 0.29) is 0 Å². The molecular weight excluding hydrogens is 250 g/mol. The standard InChI is InChI=1S/C16H21N3O/c1-5-18-15-9-17-10-16(19-15)20-14-8-13(11(2)3)7-6-12(14)4/h6-11H,5H2,1-4H3,(H,18,19). The van der Waals surface area contributed by atoms with Crippen molar-refractivity contribution in [2.45, 2.75) is 33.6 Å². The van der Waals surface area contributed by atoms with Gasteiger partial charge in [0.1, 0.15) is 11.6 Å². The lowest BCUT2D eigenvalue weighted by Crippen LogP contribution is -2.01. The summed E-state index contributed by atoms with van der Waals surface area (Å²) in [7, 11) is 0. The molecule has 1 N–H and O–H groups in total. The molecule has 0 saturated heterocycles. The normalized spacial score (nSPS) is 10.7. The maximum atomic E-state index is 5.87. The van der Waals surface area contributed by atoms with Gasteiger partial charge in [0.05, 0.1) is 12.4 Å². The third-order valence-corrected chi connectivity index (χ3v) is 3.06. The molecule has 0 spiro atoms. The van der Waals surface area contributed by atoms with Crippen molar-refractivity contribution in [1.82, 2.24) is 9.97 Å². The number of nitrogens with one attached hydrogen (secondary N) is 1. The Balaban J connectivity index is 2.25. The molecular formula is C16H21N3O. The predicted molar refractivity (Wildman–Crippen MR) is 81.5 cm³/mol. The van der Waals surface area contributed by atoms with Crippen LogP contribution in [0.5, 0.6) is 11.6 Å². The molecule has 1 aromatic heterocycles. The molecule has 106 valence electrons. The lowest BCUT2D eigenvalue weighted by atomic mass is 10.0. The van der Waals surface area contributed by atoms with Crippen LogP contribution in [0.2, 0.25) is 0 Å². The van der Waals surface area contributed by atoms with Gasteiger partial charge in [-0.3, -0.25) is 4.98 Å². The first-order valence-corrected chi connectivity index (χ1v) is 6.94. The number of hydrogen-bond donors (Lipinski definition) is 1. The van der Waals surface area contributed by atoms with Crippen LogP contribution < -0.4 is 10.1 Å². The summed E-state index contributed by atoms with van der Waals surface area (Å²) in [6, 6.07) is 6.28. The minimum absolute atomic E-state index is 0.470. The van der Waals surface area contributed by atoms with Crippen LogP contribution in [-0.4, -0.2) is 16.5 Å². The fourth-order valence-electron chi connectivity index (χ4n) is 1.86. The first kappa shape index (κ1) is 14.3. The molecule has 0 unspecified atom stereocenters. The summed E-state index contributed by atoms with van der Waals surface area (Å²) in [6.07, 6.45) is 3.32. The molecule has 0 bridgehead atoms. The predicted octanol–water partition coefficient (Wildman–Crippen LogP) is 4.13. The second-order valence-corrected chi connectivity index (χ2v) is 5.05. The van der Waals surface area contributed by atoms with Crippen LogP contribution in [-0.2, 0) is 0 Å². The molecule has 1 aromatic carbocycles. The lowest BCUT2D eigenvalue weighted by Gasteiger charge is -2.12. The van der Waals surface area contributed by atoms with Crippen molar-refractivity contribution < 1.29 is 4.74 Å². The molecule has 0 radical (unpaired) electrons. The van der Waals surface area contributed by atoms with E-state index in [1.165, 1.54) is 5.56 Å². The van der Waals surface area contributed by atoms with E-state index < -0.39 is 0 Å². The largest absolute Gasteiger partial charge is 0.437 e. The summed E-state index contributed by atoms with van der Waals surface area (Å²) in [6.45, 7) is 9.19. The summed E-state index contributed by atoms with van der Waals surface area (Å²) in [5.41, 5.74) is 2.34. The first-order chi connectivity index (χ1) is 9.60. The highest BCUT2D eigenvalue weighted by molar-refractivity contribution is 5.41. The van der Waals surface area contributed by atoms with E-state index in [2.05, 4.69) is 47.3 Å². The molecule has 2 aromatic rings. The van der Waals surface area contributed by atoms with Crippen molar-refractivity contribution >= 4 is 5.82 Å². The van der Waals surface area contributed by atoms with Gasteiger partial charge in [-0.15, -0.1) is 0 Å². The highest BCUT2D eigenvalue weighted by Gasteiger charge is 2.07. The maximum Gasteiger partial charge on any atom is 0.239 e. The lowest BCUT2D eigenvalue weighted by molar-refractivity contribution is 0.456. The Morgan fingerprint density at radius 1 is 1.25 bits per heavy atom. The Hall–Kier alpha value is -2.10. The molecule has 0 aliphatic heterocycles. The highest BCUT2D eigenvalue weighted by Crippen LogP contribution is 2.27. The summed E-state index contributed by atoms with van der Waals surface area (Å²) >= 11 is 0. The Labute approximate surface area is 120 Å². The van der Waals surface area contributed by atoms with Gasteiger partial charge in [0.15, 0.2) is 0 Å². The number of nitrogens with zero attached hydrogens (tertiary/aromatic N) is 2. The fourth-order valence-corrected chi connectivity index (χ4v) is 1.86. The molecule has 0 fully saturated rings. The van der Waals surface area contributed by atoms with Gasteiger partial charge in [-0.05, 0) is 37.0 Å². The van der Waals surface area contributed by atoms with E-state index in [1.54, 1.807) is 12.4 Å². The van der Waals surface area contributed by atoms with Gasteiger partial charge in [-0.25, -0.2) is 0 Å². The van der Waals surface area contributed by atoms with Gasteiger partial charge < -0.3 is 10.1 Å². The number of ether oxygens (including phenoxy) is 1. The summed E-state index contributed by atoms with van der Waals surface area (Å²) in [5, 5.41) is 3.12. The Kier molecular flexibility index (Phi) is 4.56. The van der Waals surface area contributed by atoms with Crippen molar-refractivity contribution in [3.05, 3.63) is 41.7 Å². The number of aryl methyl sites for hydroxylation is 1. The second kappa shape index (κ2) is 6.37. The first-order valence-electron chi connectivity index (χ1n) is 6.94. The van der Waals surface area contributed by atoms with Crippen LogP contribution in [0.1, 0.15) is 37.8 Å². The minimum Gasteiger partial charge on any atom is -0.437 e. The number of anilines is 1. The second-order valence-electron chi connectivity index (χ2n) is 5.05. The average molecular weight is 271 g/mol. The van der Waals surface area contributed by atoms with Crippen LogP contribution in [0.4, 0.5) is 5.82 Å². The zero-order valence-electron chi connectivity index (χ0n) is 12.5. The zero-order chi connectivity index (χ0) is 14.5. The maximum absolute atomic E-state index is 5.87. The molecule has 4 heteroatoms. The highest BCUT2D eigenvalue weighted by atomic mass is 16.5. The quantitative estimate of drug-likeness (QED) is 0.888. The van der Waals surface area contributed by atoms with Gasteiger partial charge in [-0.2, -0.15) is 4.98 Å². The van der Waals surface area contributed by atoms with Crippen molar-refractivity contribution in [3.63, 3.8) is 0 Å². The summed E-state index contributed by atoms with van der Waals surface area (Å²) in [4.78, 5) is 8.51. The van der Waals surface area contributed by atoms with Gasteiger partial charge >= 0.3 is 0 Å². The Bertz CT molecular complexity index is 582. The third-order valence-electron chi connectivity index (χ3n) is 3.06. The van der Waals surface area contributed by atoms with Crippen LogP contribution >= 0.6 is 0 Å². The van der Waals surface area contributed by atoms with Crippen molar-refractivity contribution in [1.29, 1.82) is 0 Å². The molecule has 0 aliphatic rings. The van der Waals surface area contributed by atoms with Crippen molar-refractivity contribution in [3.8, 4) is 11.6 Å². The number of hydrogen-bond acceptors (Lipinski definition) is 4. The van der Waals surface area contributed by atoms with Crippen LogP contribution in [0.25, 0.3) is 0 Å². The third kappa shape index (κ3) is 3.47. The molecule has 0 aliphatic carbocycles. The Morgan fingerprint density at radius 2 is 2.05 bits per heavy atom. The van der Waals surface area contributed by atoms with Gasteiger partial charge in [0.25, 0.3) is 0 Å². The van der Waals surface area contributed by atoms with E-state index in [1.807, 2.05) is 13.8 Å². The molecule has 20 heavy (non-hydrogen) atoms. The van der Waals surface area contributed by atoms with Gasteiger partial charge in [-0.1, -0.05) is 26.0 Å². The fraction of sp³-hybridized carbons (Fsp3) is 0.375. The van der Waals surface area contributed by atoms with Gasteiger partial charge in [0.2, 0.25) is 5.88 Å². The molecule has 2 rings (SSSR count). The smallest absolute Gasteiger partial charge is 0.239 e. The summed E-state index contributed by atoms with van der Waals surface area (Å²) in [5.74, 6) is 2.53. The van der Waals surface area contributed by atoms with Crippen molar-refractivity contribution in [2.24, 2.45) is 0 Å². The molecule has 4 nitrogen and oxygen atoms in total. The van der Waals surface area contributed by atoms with E-state index in [9.17, 15) is 0 Å². The molecule has 0 atom stereocenters. The minimum atomic E-state index is 0.470. The molecule has 0 amide bonds. The number of rotatable bonds is 5. The monoisotopic (exact) mass is 271 g/mol. The van der Waals surface area contributed by atoms with E-state index in [4.69, 9.17) is 4.74 Å². The topological polar surface area (TPSA) is 47.0 Å². The number of aromatic nitrogens is 2. The average Bonchev–Trinajstić information content (AvgIpc) is 2.42. The van der Waals surface area contributed by atoms with Crippen molar-refractivity contribution in [2.75, 3.05) is 11.9 Å². The van der Waals surface area contributed by atoms with Gasteiger partial charge in [0, 0.05) is 6.54 Å².